The SMILES string of the molecule is C/C=C(/CO)c1ccc(F)cc1. The van der Waals surface area contributed by atoms with Crippen LogP contribution in [0, 0.1) is 5.82 Å². The van der Waals surface area contributed by atoms with Crippen molar-refractivity contribution in [3.8, 4) is 0 Å². The molecule has 1 nitrogen and oxygen atoms in total. The zero-order valence-corrected chi connectivity index (χ0v) is 6.92. The molecule has 0 aliphatic carbocycles. The molecule has 0 bridgehead atoms. The smallest absolute Gasteiger partial charge is 0.123 e. The van der Waals surface area contributed by atoms with Gasteiger partial charge in [-0.1, -0.05) is 18.2 Å². The van der Waals surface area contributed by atoms with Gasteiger partial charge in [0.15, 0.2) is 0 Å². The van der Waals surface area contributed by atoms with E-state index < -0.39 is 0 Å². The zero-order chi connectivity index (χ0) is 8.97. The van der Waals surface area contributed by atoms with Gasteiger partial charge in [0.2, 0.25) is 0 Å². The molecule has 0 saturated heterocycles. The third kappa shape index (κ3) is 1.92. The molecule has 0 saturated carbocycles. The van der Waals surface area contributed by atoms with Gasteiger partial charge >= 0.3 is 0 Å². The molecule has 1 aromatic carbocycles. The Bertz CT molecular complexity index is 274. The van der Waals surface area contributed by atoms with Crippen LogP contribution in [0.3, 0.4) is 0 Å². The third-order valence-electron chi connectivity index (χ3n) is 1.73. The number of rotatable bonds is 2. The number of hydrogen-bond acceptors (Lipinski definition) is 1. The standard InChI is InChI=1S/C10H11FO/c1-2-8(7-12)9-3-5-10(11)6-4-9/h2-6,12H,7H2,1H3/b8-2-. The maximum atomic E-state index is 12.5. The quantitative estimate of drug-likeness (QED) is 0.714. The molecule has 1 N–H and O–H groups in total. The number of benzene rings is 1. The van der Waals surface area contributed by atoms with E-state index in [2.05, 4.69) is 0 Å². The van der Waals surface area contributed by atoms with E-state index in [4.69, 9.17) is 5.11 Å². The first-order valence-electron chi connectivity index (χ1n) is 3.80. The molecule has 0 radical (unpaired) electrons. The average molecular weight is 166 g/mol. The van der Waals surface area contributed by atoms with Gasteiger partial charge in [0.05, 0.1) is 6.61 Å². The predicted octanol–water partition coefficient (Wildman–Crippen LogP) is 2.22. The van der Waals surface area contributed by atoms with Crippen molar-refractivity contribution in [2.75, 3.05) is 6.61 Å². The maximum Gasteiger partial charge on any atom is 0.123 e. The summed E-state index contributed by atoms with van der Waals surface area (Å²) in [4.78, 5) is 0. The highest BCUT2D eigenvalue weighted by atomic mass is 19.1. The lowest BCUT2D eigenvalue weighted by Crippen LogP contribution is -1.89. The lowest BCUT2D eigenvalue weighted by atomic mass is 10.1. The molecule has 0 unspecified atom stereocenters. The molecule has 0 atom stereocenters. The summed E-state index contributed by atoms with van der Waals surface area (Å²) in [5, 5.41) is 8.89. The van der Waals surface area contributed by atoms with Crippen LogP contribution in [-0.4, -0.2) is 11.7 Å². The molecule has 64 valence electrons. The van der Waals surface area contributed by atoms with Crippen LogP contribution in [0.15, 0.2) is 30.3 Å². The highest BCUT2D eigenvalue weighted by molar-refractivity contribution is 5.65. The zero-order valence-electron chi connectivity index (χ0n) is 6.92. The number of halogens is 1. The van der Waals surface area contributed by atoms with Gasteiger partial charge in [0.1, 0.15) is 5.82 Å². The maximum absolute atomic E-state index is 12.5. The normalized spacial score (nSPS) is 11.8. The van der Waals surface area contributed by atoms with Crippen LogP contribution in [0.2, 0.25) is 0 Å². The lowest BCUT2D eigenvalue weighted by Gasteiger charge is -2.02. The van der Waals surface area contributed by atoms with Crippen molar-refractivity contribution in [3.05, 3.63) is 41.7 Å². The van der Waals surface area contributed by atoms with Gasteiger partial charge in [-0.3, -0.25) is 0 Å². The molecule has 0 amide bonds. The number of aliphatic hydroxyl groups excluding tert-OH is 1. The molecular formula is C10H11FO. The molecule has 2 heteroatoms. The van der Waals surface area contributed by atoms with E-state index >= 15 is 0 Å². The fraction of sp³-hybridized carbons (Fsp3) is 0.200. The van der Waals surface area contributed by atoms with Crippen molar-refractivity contribution in [1.82, 2.24) is 0 Å². The van der Waals surface area contributed by atoms with E-state index in [9.17, 15) is 4.39 Å². The summed E-state index contributed by atoms with van der Waals surface area (Å²) in [7, 11) is 0. The third-order valence-corrected chi connectivity index (χ3v) is 1.73. The van der Waals surface area contributed by atoms with Crippen molar-refractivity contribution in [1.29, 1.82) is 0 Å². The van der Waals surface area contributed by atoms with Gasteiger partial charge in [-0.05, 0) is 30.2 Å². The summed E-state index contributed by atoms with van der Waals surface area (Å²) in [5.74, 6) is -0.257. The van der Waals surface area contributed by atoms with Crippen LogP contribution in [0.25, 0.3) is 5.57 Å². The number of hydrogen-bond donors (Lipinski definition) is 1. The Labute approximate surface area is 71.2 Å². The van der Waals surface area contributed by atoms with Crippen LogP contribution in [-0.2, 0) is 0 Å². The molecule has 12 heavy (non-hydrogen) atoms. The van der Waals surface area contributed by atoms with Gasteiger partial charge in [0.25, 0.3) is 0 Å². The highest BCUT2D eigenvalue weighted by Gasteiger charge is 1.97. The minimum absolute atomic E-state index is 0.0118. The van der Waals surface area contributed by atoms with Crippen molar-refractivity contribution < 1.29 is 9.50 Å². The monoisotopic (exact) mass is 166 g/mol. The fourth-order valence-electron chi connectivity index (χ4n) is 1.01. The van der Waals surface area contributed by atoms with Crippen LogP contribution in [0.4, 0.5) is 4.39 Å². The Hall–Kier alpha value is -1.15. The van der Waals surface area contributed by atoms with Crippen molar-refractivity contribution in [3.63, 3.8) is 0 Å². The summed E-state index contributed by atoms with van der Waals surface area (Å²) in [6, 6.07) is 6.07. The minimum atomic E-state index is -0.257. The van der Waals surface area contributed by atoms with Crippen molar-refractivity contribution >= 4 is 5.57 Å². The number of allylic oxidation sites excluding steroid dienone is 1. The Balaban J connectivity index is 2.96. The number of aliphatic hydroxyl groups is 1. The molecule has 0 aromatic heterocycles. The summed E-state index contributed by atoms with van der Waals surface area (Å²) in [6.45, 7) is 1.83. The second-order valence-electron chi connectivity index (χ2n) is 2.48. The van der Waals surface area contributed by atoms with Crippen LogP contribution >= 0.6 is 0 Å². The van der Waals surface area contributed by atoms with Crippen LogP contribution in [0.5, 0.6) is 0 Å². The Morgan fingerprint density at radius 3 is 2.42 bits per heavy atom. The highest BCUT2D eigenvalue weighted by Crippen LogP contribution is 2.13. The molecule has 0 fully saturated rings. The fourth-order valence-corrected chi connectivity index (χ4v) is 1.01. The Kier molecular flexibility index (Phi) is 3.00. The van der Waals surface area contributed by atoms with E-state index in [-0.39, 0.29) is 12.4 Å². The molecule has 1 rings (SSSR count). The molecule has 0 heterocycles. The minimum Gasteiger partial charge on any atom is -0.392 e. The second-order valence-corrected chi connectivity index (χ2v) is 2.48. The molecule has 1 aromatic rings. The van der Waals surface area contributed by atoms with Gasteiger partial charge < -0.3 is 5.11 Å². The first kappa shape index (κ1) is 8.94. The van der Waals surface area contributed by atoms with E-state index in [1.54, 1.807) is 12.1 Å². The van der Waals surface area contributed by atoms with Crippen LogP contribution in [0.1, 0.15) is 12.5 Å². The van der Waals surface area contributed by atoms with Crippen molar-refractivity contribution in [2.45, 2.75) is 6.92 Å². The van der Waals surface area contributed by atoms with E-state index in [0.717, 1.165) is 11.1 Å². The molecule has 0 spiro atoms. The average Bonchev–Trinajstić information content (AvgIpc) is 2.10. The lowest BCUT2D eigenvalue weighted by molar-refractivity contribution is 0.350. The second kappa shape index (κ2) is 4.02. The summed E-state index contributed by atoms with van der Waals surface area (Å²) in [6.07, 6.45) is 1.81. The van der Waals surface area contributed by atoms with Gasteiger partial charge in [-0.25, -0.2) is 4.39 Å². The van der Waals surface area contributed by atoms with Gasteiger partial charge in [-0.15, -0.1) is 0 Å². The Morgan fingerprint density at radius 1 is 1.42 bits per heavy atom. The van der Waals surface area contributed by atoms with Gasteiger partial charge in [0, 0.05) is 0 Å². The van der Waals surface area contributed by atoms with Crippen LogP contribution < -0.4 is 0 Å². The molecule has 0 aliphatic rings. The predicted molar refractivity (Wildman–Crippen MR) is 47.1 cm³/mol. The van der Waals surface area contributed by atoms with E-state index in [1.807, 2.05) is 13.0 Å². The Morgan fingerprint density at radius 2 is 2.00 bits per heavy atom. The summed E-state index contributed by atoms with van der Waals surface area (Å²) >= 11 is 0. The molecular weight excluding hydrogens is 155 g/mol. The summed E-state index contributed by atoms with van der Waals surface area (Å²) < 4.78 is 12.5. The van der Waals surface area contributed by atoms with Crippen molar-refractivity contribution in [2.24, 2.45) is 0 Å². The first-order chi connectivity index (χ1) is 5.77. The first-order valence-corrected chi connectivity index (χ1v) is 3.80. The topological polar surface area (TPSA) is 20.2 Å². The summed E-state index contributed by atoms with van der Waals surface area (Å²) in [5.41, 5.74) is 1.68. The molecule has 0 aliphatic heterocycles. The van der Waals surface area contributed by atoms with Gasteiger partial charge in [-0.2, -0.15) is 0 Å². The van der Waals surface area contributed by atoms with E-state index in [0.29, 0.717) is 0 Å². The van der Waals surface area contributed by atoms with E-state index in [1.165, 1.54) is 12.1 Å². The largest absolute Gasteiger partial charge is 0.392 e.